The standard InChI is InChI=1S/C8H17N3O3S/c9-8(12)11-5-6-15(13,14)7-1-3-10-4-2-7/h7,10H,1-6H2,(H3,9,11,12). The summed E-state index contributed by atoms with van der Waals surface area (Å²) in [4.78, 5) is 10.4. The van der Waals surface area contributed by atoms with Crippen LogP contribution in [0.1, 0.15) is 12.8 Å². The lowest BCUT2D eigenvalue weighted by molar-refractivity contribution is 0.249. The molecule has 0 unspecified atom stereocenters. The van der Waals surface area contributed by atoms with Crippen LogP contribution in [0.3, 0.4) is 0 Å². The number of sulfone groups is 1. The second-order valence-corrected chi connectivity index (χ2v) is 6.01. The number of urea groups is 1. The molecule has 0 spiro atoms. The number of carbonyl (C=O) groups excluding carboxylic acids is 1. The first-order chi connectivity index (χ1) is 7.02. The first kappa shape index (κ1) is 12.3. The fourth-order valence-electron chi connectivity index (χ4n) is 1.64. The monoisotopic (exact) mass is 235 g/mol. The van der Waals surface area contributed by atoms with Crippen LogP contribution in [0, 0.1) is 0 Å². The number of carbonyl (C=O) groups is 1. The Balaban J connectivity index is 2.40. The molecule has 0 bridgehead atoms. The highest BCUT2D eigenvalue weighted by molar-refractivity contribution is 7.92. The summed E-state index contributed by atoms with van der Waals surface area (Å²) in [6.07, 6.45) is 1.30. The van der Waals surface area contributed by atoms with Crippen molar-refractivity contribution in [2.75, 3.05) is 25.4 Å². The highest BCUT2D eigenvalue weighted by Crippen LogP contribution is 2.13. The maximum absolute atomic E-state index is 11.7. The third kappa shape index (κ3) is 4.05. The Bertz CT molecular complexity index is 309. The van der Waals surface area contributed by atoms with Gasteiger partial charge in [0.15, 0.2) is 9.84 Å². The number of nitrogens with one attached hydrogen (secondary N) is 2. The van der Waals surface area contributed by atoms with Crippen LogP contribution in [0.25, 0.3) is 0 Å². The fraction of sp³-hybridized carbons (Fsp3) is 0.875. The van der Waals surface area contributed by atoms with E-state index in [0.29, 0.717) is 12.8 Å². The van der Waals surface area contributed by atoms with Crippen LogP contribution in [-0.4, -0.2) is 45.1 Å². The summed E-state index contributed by atoms with van der Waals surface area (Å²) in [6.45, 7) is 1.59. The van der Waals surface area contributed by atoms with Gasteiger partial charge >= 0.3 is 6.03 Å². The third-order valence-electron chi connectivity index (χ3n) is 2.48. The summed E-state index contributed by atoms with van der Waals surface area (Å²) >= 11 is 0. The number of nitrogens with two attached hydrogens (primary N) is 1. The van der Waals surface area contributed by atoms with Crippen molar-refractivity contribution in [3.05, 3.63) is 0 Å². The Hall–Kier alpha value is -0.820. The van der Waals surface area contributed by atoms with Crippen LogP contribution in [0.15, 0.2) is 0 Å². The van der Waals surface area contributed by atoms with Crippen molar-refractivity contribution in [3.63, 3.8) is 0 Å². The number of hydrogen-bond acceptors (Lipinski definition) is 4. The number of piperidine rings is 1. The molecule has 1 heterocycles. The molecule has 7 heteroatoms. The minimum Gasteiger partial charge on any atom is -0.352 e. The maximum Gasteiger partial charge on any atom is 0.312 e. The molecule has 1 saturated heterocycles. The summed E-state index contributed by atoms with van der Waals surface area (Å²) < 4.78 is 23.5. The SMILES string of the molecule is NC(=O)NCCS(=O)(=O)C1CCNCC1. The van der Waals surface area contributed by atoms with Gasteiger partial charge in [0, 0.05) is 6.54 Å². The summed E-state index contributed by atoms with van der Waals surface area (Å²) in [6, 6.07) is -0.685. The maximum atomic E-state index is 11.7. The van der Waals surface area contributed by atoms with Crippen molar-refractivity contribution in [3.8, 4) is 0 Å². The van der Waals surface area contributed by atoms with E-state index in [-0.39, 0.29) is 17.5 Å². The molecule has 2 amide bonds. The van der Waals surface area contributed by atoms with Gasteiger partial charge in [-0.25, -0.2) is 13.2 Å². The van der Waals surface area contributed by atoms with Gasteiger partial charge in [0.2, 0.25) is 0 Å². The molecule has 6 nitrogen and oxygen atoms in total. The van der Waals surface area contributed by atoms with Crippen molar-refractivity contribution in [1.29, 1.82) is 0 Å². The van der Waals surface area contributed by atoms with Crippen LogP contribution in [0.5, 0.6) is 0 Å². The van der Waals surface area contributed by atoms with E-state index in [1.54, 1.807) is 0 Å². The zero-order valence-corrected chi connectivity index (χ0v) is 9.35. The average Bonchev–Trinajstić information content (AvgIpc) is 2.18. The van der Waals surface area contributed by atoms with Gasteiger partial charge in [-0.1, -0.05) is 0 Å². The van der Waals surface area contributed by atoms with Gasteiger partial charge in [0.1, 0.15) is 0 Å². The molecule has 0 radical (unpaired) electrons. The van der Waals surface area contributed by atoms with E-state index in [1.165, 1.54) is 0 Å². The topological polar surface area (TPSA) is 101 Å². The molecule has 88 valence electrons. The molecule has 0 aliphatic carbocycles. The van der Waals surface area contributed by atoms with Crippen LogP contribution in [0.4, 0.5) is 4.79 Å². The molecule has 0 aromatic rings. The third-order valence-corrected chi connectivity index (χ3v) is 4.74. The molecular formula is C8H17N3O3S. The zero-order chi connectivity index (χ0) is 11.3. The zero-order valence-electron chi connectivity index (χ0n) is 8.53. The van der Waals surface area contributed by atoms with E-state index in [2.05, 4.69) is 10.6 Å². The van der Waals surface area contributed by atoms with Crippen LogP contribution in [0.2, 0.25) is 0 Å². The van der Waals surface area contributed by atoms with E-state index in [1.807, 2.05) is 0 Å². The highest BCUT2D eigenvalue weighted by atomic mass is 32.2. The molecule has 0 aromatic carbocycles. The first-order valence-electron chi connectivity index (χ1n) is 4.98. The average molecular weight is 235 g/mol. The molecule has 4 N–H and O–H groups in total. The first-order valence-corrected chi connectivity index (χ1v) is 6.69. The molecule has 1 aliphatic heterocycles. The Kier molecular flexibility index (Phi) is 4.34. The van der Waals surface area contributed by atoms with Gasteiger partial charge in [-0.2, -0.15) is 0 Å². The van der Waals surface area contributed by atoms with E-state index < -0.39 is 15.9 Å². The van der Waals surface area contributed by atoms with Gasteiger partial charge in [-0.15, -0.1) is 0 Å². The van der Waals surface area contributed by atoms with Gasteiger partial charge in [-0.3, -0.25) is 0 Å². The molecule has 1 aliphatic rings. The smallest absolute Gasteiger partial charge is 0.312 e. The fourth-order valence-corrected chi connectivity index (χ4v) is 3.31. The minimum atomic E-state index is -3.09. The second-order valence-electron chi connectivity index (χ2n) is 3.61. The molecule has 0 aromatic heterocycles. The quantitative estimate of drug-likeness (QED) is 0.571. The largest absolute Gasteiger partial charge is 0.352 e. The lowest BCUT2D eigenvalue weighted by Crippen LogP contribution is -2.40. The van der Waals surface area contributed by atoms with E-state index in [9.17, 15) is 13.2 Å². The Morgan fingerprint density at radius 2 is 2.00 bits per heavy atom. The van der Waals surface area contributed by atoms with Gasteiger partial charge in [-0.05, 0) is 25.9 Å². The number of hydrogen-bond donors (Lipinski definition) is 3. The van der Waals surface area contributed by atoms with Crippen molar-refractivity contribution >= 4 is 15.9 Å². The molecule has 15 heavy (non-hydrogen) atoms. The Labute approximate surface area is 89.5 Å². The van der Waals surface area contributed by atoms with E-state index in [0.717, 1.165) is 13.1 Å². The second kappa shape index (κ2) is 5.32. The molecular weight excluding hydrogens is 218 g/mol. The van der Waals surface area contributed by atoms with Crippen LogP contribution < -0.4 is 16.4 Å². The highest BCUT2D eigenvalue weighted by Gasteiger charge is 2.26. The predicted octanol–water partition coefficient (Wildman–Crippen LogP) is -1.18. The van der Waals surface area contributed by atoms with Crippen molar-refractivity contribution < 1.29 is 13.2 Å². The summed E-state index contributed by atoms with van der Waals surface area (Å²) in [5.74, 6) is -0.0272. The van der Waals surface area contributed by atoms with Gasteiger partial charge in [0.25, 0.3) is 0 Å². The normalized spacial score (nSPS) is 18.7. The van der Waals surface area contributed by atoms with Crippen molar-refractivity contribution in [1.82, 2.24) is 10.6 Å². The Morgan fingerprint density at radius 1 is 1.40 bits per heavy atom. The summed E-state index contributed by atoms with van der Waals surface area (Å²) in [7, 11) is -3.09. The summed E-state index contributed by atoms with van der Waals surface area (Å²) in [5.41, 5.74) is 4.85. The molecule has 1 fully saturated rings. The van der Waals surface area contributed by atoms with E-state index in [4.69, 9.17) is 5.73 Å². The van der Waals surface area contributed by atoms with Gasteiger partial charge < -0.3 is 16.4 Å². The van der Waals surface area contributed by atoms with Crippen LogP contribution in [-0.2, 0) is 9.84 Å². The van der Waals surface area contributed by atoms with E-state index >= 15 is 0 Å². The Morgan fingerprint density at radius 3 is 2.53 bits per heavy atom. The lowest BCUT2D eigenvalue weighted by atomic mass is 10.2. The van der Waals surface area contributed by atoms with Crippen LogP contribution >= 0.6 is 0 Å². The summed E-state index contributed by atoms with van der Waals surface area (Å²) in [5, 5.41) is 5.12. The number of rotatable bonds is 4. The predicted molar refractivity (Wildman–Crippen MR) is 57.3 cm³/mol. The lowest BCUT2D eigenvalue weighted by Gasteiger charge is -2.22. The van der Waals surface area contributed by atoms with Crippen molar-refractivity contribution in [2.45, 2.75) is 18.1 Å². The molecule has 0 saturated carbocycles. The minimum absolute atomic E-state index is 0.0272. The number of amides is 2. The molecule has 1 rings (SSSR count). The number of primary amides is 1. The van der Waals surface area contributed by atoms with Crippen molar-refractivity contribution in [2.24, 2.45) is 5.73 Å². The van der Waals surface area contributed by atoms with Gasteiger partial charge in [0.05, 0.1) is 11.0 Å². The molecule has 0 atom stereocenters.